The van der Waals surface area contributed by atoms with Crippen LogP contribution < -0.4 is 0 Å². The summed E-state index contributed by atoms with van der Waals surface area (Å²) in [6.45, 7) is 11.2. The van der Waals surface area contributed by atoms with Gasteiger partial charge < -0.3 is 0 Å². The normalized spacial score (nSPS) is 5.75. The van der Waals surface area contributed by atoms with E-state index in [1.807, 2.05) is 13.8 Å². The second kappa shape index (κ2) is 7.67. The van der Waals surface area contributed by atoms with Crippen LogP contribution in [0.5, 0.6) is 0 Å². The molecular weight excluding hydrogens is 85.9 g/mol. The topological polar surface area (TPSA) is 0 Å². The molecular formula is C6H12Li2. The summed E-state index contributed by atoms with van der Waals surface area (Å²) in [5.74, 6) is 0. The first-order chi connectivity index (χ1) is 2.64. The molecule has 0 aliphatic heterocycles. The number of rotatable bonds is 1. The molecule has 0 aliphatic rings. The fourth-order valence-corrected chi connectivity index (χ4v) is 0. The molecule has 0 aromatic heterocycles. The second-order valence-corrected chi connectivity index (χ2v) is 1.56. The van der Waals surface area contributed by atoms with E-state index in [4.69, 9.17) is 0 Å². The van der Waals surface area contributed by atoms with E-state index in [0.29, 0.717) is 0 Å². The molecule has 0 saturated carbocycles. The molecule has 0 aromatic carbocycles. The molecule has 0 heterocycles. The van der Waals surface area contributed by atoms with Gasteiger partial charge in [-0.2, -0.15) is 0 Å². The molecule has 0 spiro atoms. The molecule has 2 heteroatoms. The molecule has 0 aromatic rings. The van der Waals surface area contributed by atoms with Crippen LogP contribution in [0.3, 0.4) is 0 Å². The van der Waals surface area contributed by atoms with Crippen molar-refractivity contribution >= 4 is 37.7 Å². The van der Waals surface area contributed by atoms with Gasteiger partial charge in [-0.25, -0.2) is 0 Å². The summed E-state index contributed by atoms with van der Waals surface area (Å²) in [7, 11) is 0. The number of hydrogen-bond acceptors (Lipinski definition) is 0. The van der Waals surface area contributed by atoms with Crippen LogP contribution in [0.25, 0.3) is 0 Å². The van der Waals surface area contributed by atoms with E-state index < -0.39 is 0 Å². The standard InChI is InChI=1S/C6H10.2Li.2H/c1-5(2)6(3)4;;;;/h1,3H2,2,4H3;;;;. The van der Waals surface area contributed by atoms with Crippen LogP contribution in [0.4, 0.5) is 0 Å². The van der Waals surface area contributed by atoms with Gasteiger partial charge in [0.1, 0.15) is 0 Å². The Morgan fingerprint density at radius 3 is 1.00 bits per heavy atom. The summed E-state index contributed by atoms with van der Waals surface area (Å²) in [5, 5.41) is 0. The van der Waals surface area contributed by atoms with Gasteiger partial charge >= 0.3 is 37.7 Å². The number of hydrogen-bond donors (Lipinski definition) is 0. The Bertz CT molecular complexity index is 72.5. The maximum atomic E-state index is 3.66. The molecule has 0 N–H and O–H groups in total. The Morgan fingerprint density at radius 1 is 0.875 bits per heavy atom. The summed E-state index contributed by atoms with van der Waals surface area (Å²) < 4.78 is 0. The van der Waals surface area contributed by atoms with E-state index in [1.54, 1.807) is 0 Å². The second-order valence-electron chi connectivity index (χ2n) is 1.56. The molecule has 0 fully saturated rings. The van der Waals surface area contributed by atoms with Crippen LogP contribution in [0.1, 0.15) is 13.8 Å². The van der Waals surface area contributed by atoms with Gasteiger partial charge in [-0.05, 0) is 13.8 Å². The van der Waals surface area contributed by atoms with Gasteiger partial charge in [-0.1, -0.05) is 24.3 Å². The van der Waals surface area contributed by atoms with Gasteiger partial charge in [0.2, 0.25) is 0 Å². The van der Waals surface area contributed by atoms with Gasteiger partial charge in [0.05, 0.1) is 0 Å². The van der Waals surface area contributed by atoms with E-state index in [9.17, 15) is 0 Å². The predicted octanol–water partition coefficient (Wildman–Crippen LogP) is 0.842. The molecule has 8 heavy (non-hydrogen) atoms. The summed E-state index contributed by atoms with van der Waals surface area (Å²) in [4.78, 5) is 0. The number of allylic oxidation sites excluding steroid dienone is 2. The summed E-state index contributed by atoms with van der Waals surface area (Å²) in [6, 6.07) is 0. The Morgan fingerprint density at radius 2 is 1.00 bits per heavy atom. The Kier molecular flexibility index (Phi) is 15.2. The molecule has 0 atom stereocenters. The van der Waals surface area contributed by atoms with Crippen LogP contribution in [-0.4, -0.2) is 37.7 Å². The summed E-state index contributed by atoms with van der Waals surface area (Å²) >= 11 is 0. The first-order valence-electron chi connectivity index (χ1n) is 1.96. The zero-order chi connectivity index (χ0) is 5.15. The quantitative estimate of drug-likeness (QED) is 0.336. The zero-order valence-electron chi connectivity index (χ0n) is 4.41. The van der Waals surface area contributed by atoms with Crippen LogP contribution in [0.2, 0.25) is 0 Å². The Labute approximate surface area is 75.8 Å². The molecule has 0 radical (unpaired) electrons. The van der Waals surface area contributed by atoms with Crippen molar-refractivity contribution in [2.75, 3.05) is 0 Å². The molecule has 38 valence electrons. The third kappa shape index (κ3) is 9.84. The third-order valence-electron chi connectivity index (χ3n) is 0.729. The van der Waals surface area contributed by atoms with Crippen molar-refractivity contribution in [3.63, 3.8) is 0 Å². The molecule has 0 rings (SSSR count). The maximum absolute atomic E-state index is 3.66. The van der Waals surface area contributed by atoms with Crippen molar-refractivity contribution in [2.45, 2.75) is 13.8 Å². The summed E-state index contributed by atoms with van der Waals surface area (Å²) in [5.41, 5.74) is 2.13. The zero-order valence-corrected chi connectivity index (χ0v) is 4.41. The molecule has 0 amide bonds. The molecule has 0 aliphatic carbocycles. The third-order valence-corrected chi connectivity index (χ3v) is 0.729. The molecule has 0 unspecified atom stereocenters. The van der Waals surface area contributed by atoms with Gasteiger partial charge in [0.25, 0.3) is 0 Å². The first-order valence-corrected chi connectivity index (χ1v) is 1.96. The van der Waals surface area contributed by atoms with Crippen molar-refractivity contribution in [1.82, 2.24) is 0 Å². The summed E-state index contributed by atoms with van der Waals surface area (Å²) in [6.07, 6.45) is 0. The van der Waals surface area contributed by atoms with E-state index in [2.05, 4.69) is 13.2 Å². The van der Waals surface area contributed by atoms with Crippen molar-refractivity contribution < 1.29 is 0 Å². The van der Waals surface area contributed by atoms with Crippen LogP contribution in [-0.2, 0) is 0 Å². The van der Waals surface area contributed by atoms with Crippen molar-refractivity contribution in [1.29, 1.82) is 0 Å². The van der Waals surface area contributed by atoms with Gasteiger partial charge in [0.15, 0.2) is 0 Å². The Balaban J connectivity index is -0.000000125. The average molecular weight is 98.0 g/mol. The van der Waals surface area contributed by atoms with Crippen molar-refractivity contribution in [3.05, 3.63) is 24.3 Å². The monoisotopic (exact) mass is 98.1 g/mol. The van der Waals surface area contributed by atoms with Gasteiger partial charge in [-0.3, -0.25) is 0 Å². The molecule has 0 saturated heterocycles. The molecule has 0 nitrogen and oxygen atoms in total. The van der Waals surface area contributed by atoms with E-state index in [1.165, 1.54) is 0 Å². The first kappa shape index (κ1) is 15.9. The SMILES string of the molecule is C=C(C)C(=C)C.[LiH].[LiH]. The fourth-order valence-electron chi connectivity index (χ4n) is 0. The van der Waals surface area contributed by atoms with Crippen molar-refractivity contribution in [2.24, 2.45) is 0 Å². The van der Waals surface area contributed by atoms with Gasteiger partial charge in [-0.15, -0.1) is 0 Å². The molecule has 0 bridgehead atoms. The van der Waals surface area contributed by atoms with E-state index >= 15 is 0 Å². The minimum atomic E-state index is 0. The van der Waals surface area contributed by atoms with E-state index in [-0.39, 0.29) is 37.7 Å². The van der Waals surface area contributed by atoms with Gasteiger partial charge in [0, 0.05) is 0 Å². The average Bonchev–Trinajstić information content (AvgIpc) is 1.36. The van der Waals surface area contributed by atoms with Crippen LogP contribution in [0.15, 0.2) is 24.3 Å². The predicted molar refractivity (Wildman–Crippen MR) is 43.9 cm³/mol. The van der Waals surface area contributed by atoms with Crippen LogP contribution in [0, 0.1) is 0 Å². The van der Waals surface area contributed by atoms with Crippen LogP contribution >= 0.6 is 0 Å². The Hall–Kier alpha value is 0.675. The fraction of sp³-hybridized carbons (Fsp3) is 0.333. The van der Waals surface area contributed by atoms with Crippen molar-refractivity contribution in [3.8, 4) is 0 Å². The minimum absolute atomic E-state index is 0. The van der Waals surface area contributed by atoms with E-state index in [0.717, 1.165) is 11.1 Å².